The highest BCUT2D eigenvalue weighted by molar-refractivity contribution is 6.02. The highest BCUT2D eigenvalue weighted by Crippen LogP contribution is 2.39. The van der Waals surface area contributed by atoms with Gasteiger partial charge in [-0.2, -0.15) is 0 Å². The number of hydrogen-bond acceptors (Lipinski definition) is 4. The van der Waals surface area contributed by atoms with E-state index in [1.54, 1.807) is 0 Å². The predicted octanol–water partition coefficient (Wildman–Crippen LogP) is 5.62. The summed E-state index contributed by atoms with van der Waals surface area (Å²) < 4.78 is 12.0. The molecule has 34 heavy (non-hydrogen) atoms. The van der Waals surface area contributed by atoms with Gasteiger partial charge in [0.2, 0.25) is 0 Å². The lowest BCUT2D eigenvalue weighted by atomic mass is 9.92. The number of aryl methyl sites for hydroxylation is 1. The van der Waals surface area contributed by atoms with Gasteiger partial charge in [0, 0.05) is 24.4 Å². The fourth-order valence-electron chi connectivity index (χ4n) is 4.94. The molecule has 3 aromatic rings. The molecule has 0 saturated carbocycles. The van der Waals surface area contributed by atoms with Gasteiger partial charge < -0.3 is 19.7 Å². The van der Waals surface area contributed by atoms with E-state index >= 15 is 0 Å². The van der Waals surface area contributed by atoms with Crippen molar-refractivity contribution in [2.45, 2.75) is 44.4 Å². The number of ether oxygens (including phenoxy) is 2. The van der Waals surface area contributed by atoms with E-state index in [2.05, 4.69) is 48.6 Å². The number of para-hydroxylation sites is 1. The number of nitrogens with one attached hydrogen (secondary N) is 1. The van der Waals surface area contributed by atoms with Crippen LogP contribution in [0.25, 0.3) is 0 Å². The van der Waals surface area contributed by atoms with Crippen LogP contribution >= 0.6 is 0 Å². The van der Waals surface area contributed by atoms with E-state index in [1.807, 2.05) is 47.4 Å². The molecule has 0 spiro atoms. The van der Waals surface area contributed by atoms with Crippen LogP contribution in [0.4, 0.5) is 5.69 Å². The topological polar surface area (TPSA) is 50.8 Å². The highest BCUT2D eigenvalue weighted by Gasteiger charge is 2.43. The number of hydrogen-bond donors (Lipinski definition) is 1. The van der Waals surface area contributed by atoms with Gasteiger partial charge in [0.25, 0.3) is 5.91 Å². The Morgan fingerprint density at radius 1 is 1.06 bits per heavy atom. The molecule has 3 aromatic carbocycles. The summed E-state index contributed by atoms with van der Waals surface area (Å²) in [6.45, 7) is 4.03. The second-order valence-electron chi connectivity index (χ2n) is 9.26. The number of anilines is 1. The first kappa shape index (κ1) is 22.5. The minimum absolute atomic E-state index is 0.0292. The van der Waals surface area contributed by atoms with E-state index in [-0.39, 0.29) is 12.0 Å². The van der Waals surface area contributed by atoms with Crippen LogP contribution in [0.15, 0.2) is 78.9 Å². The first-order chi connectivity index (χ1) is 16.6. The molecular weight excluding hydrogens is 424 g/mol. The number of carbonyl (C=O) groups is 1. The molecule has 176 valence electrons. The molecule has 2 atom stereocenters. The second kappa shape index (κ2) is 9.90. The van der Waals surface area contributed by atoms with Crippen molar-refractivity contribution < 1.29 is 14.3 Å². The molecule has 1 amide bonds. The molecule has 1 fully saturated rings. The number of rotatable bonds is 8. The third-order valence-corrected chi connectivity index (χ3v) is 6.85. The van der Waals surface area contributed by atoms with Crippen molar-refractivity contribution in [3.63, 3.8) is 0 Å². The van der Waals surface area contributed by atoms with Crippen molar-refractivity contribution in [3.05, 3.63) is 95.6 Å². The Kier molecular flexibility index (Phi) is 6.54. The van der Waals surface area contributed by atoms with Crippen LogP contribution < -0.4 is 10.1 Å². The Morgan fingerprint density at radius 3 is 2.71 bits per heavy atom. The average molecular weight is 457 g/mol. The van der Waals surface area contributed by atoms with Crippen molar-refractivity contribution in [1.82, 2.24) is 4.90 Å². The van der Waals surface area contributed by atoms with Gasteiger partial charge in [-0.25, -0.2) is 0 Å². The summed E-state index contributed by atoms with van der Waals surface area (Å²) in [7, 11) is 0. The summed E-state index contributed by atoms with van der Waals surface area (Å²) >= 11 is 0. The molecule has 0 bridgehead atoms. The SMILES string of the molecule is CC1(c2cccc(OCCCc3ccccc3)c2)Nc2ccccc2C(=O)N1CC1CCCO1. The van der Waals surface area contributed by atoms with Gasteiger partial charge in [-0.3, -0.25) is 4.79 Å². The molecule has 2 unspecified atom stereocenters. The van der Waals surface area contributed by atoms with Crippen molar-refractivity contribution >= 4 is 11.6 Å². The first-order valence-corrected chi connectivity index (χ1v) is 12.2. The molecule has 0 aromatic heterocycles. The van der Waals surface area contributed by atoms with Gasteiger partial charge in [-0.15, -0.1) is 0 Å². The van der Waals surface area contributed by atoms with E-state index in [9.17, 15) is 4.79 Å². The van der Waals surface area contributed by atoms with Crippen LogP contribution in [0.2, 0.25) is 0 Å². The zero-order chi connectivity index (χ0) is 23.4. The maximum absolute atomic E-state index is 13.6. The highest BCUT2D eigenvalue weighted by atomic mass is 16.5. The molecule has 1 saturated heterocycles. The number of benzene rings is 3. The Morgan fingerprint density at radius 2 is 1.88 bits per heavy atom. The molecule has 5 rings (SSSR count). The fourth-order valence-corrected chi connectivity index (χ4v) is 4.94. The van der Waals surface area contributed by atoms with Gasteiger partial charge in [-0.1, -0.05) is 54.6 Å². The number of amides is 1. The average Bonchev–Trinajstić information content (AvgIpc) is 3.39. The number of nitrogens with zero attached hydrogens (tertiary/aromatic N) is 1. The van der Waals surface area contributed by atoms with Gasteiger partial charge in [0.05, 0.1) is 18.3 Å². The summed E-state index contributed by atoms with van der Waals surface area (Å²) in [6.07, 6.45) is 4.01. The van der Waals surface area contributed by atoms with Crippen LogP contribution in [0.1, 0.15) is 47.7 Å². The monoisotopic (exact) mass is 456 g/mol. The van der Waals surface area contributed by atoms with Crippen LogP contribution in [0.5, 0.6) is 5.75 Å². The zero-order valence-electron chi connectivity index (χ0n) is 19.7. The van der Waals surface area contributed by atoms with Crippen LogP contribution in [-0.4, -0.2) is 36.7 Å². The molecule has 0 radical (unpaired) electrons. The van der Waals surface area contributed by atoms with Gasteiger partial charge in [-0.05, 0) is 62.4 Å². The zero-order valence-corrected chi connectivity index (χ0v) is 19.7. The van der Waals surface area contributed by atoms with Gasteiger partial charge >= 0.3 is 0 Å². The Balaban J connectivity index is 1.36. The van der Waals surface area contributed by atoms with E-state index in [0.29, 0.717) is 18.7 Å². The smallest absolute Gasteiger partial charge is 0.258 e. The standard InChI is InChI=1S/C29H32N2O3/c1-29(23-13-7-14-24(20-23)33-18-8-12-22-10-3-2-4-11-22)30-27-17-6-5-16-26(27)28(32)31(29)21-25-15-9-19-34-25/h2-7,10-11,13-14,16-17,20,25,30H,8-9,12,15,18-19,21H2,1H3. The Bertz CT molecular complexity index is 1130. The summed E-state index contributed by atoms with van der Waals surface area (Å²) in [5, 5.41) is 3.65. The number of carbonyl (C=O) groups excluding carboxylic acids is 1. The van der Waals surface area contributed by atoms with Crippen LogP contribution in [0.3, 0.4) is 0 Å². The minimum Gasteiger partial charge on any atom is -0.494 e. The third-order valence-electron chi connectivity index (χ3n) is 6.85. The lowest BCUT2D eigenvalue weighted by Crippen LogP contribution is -2.57. The molecule has 2 aliphatic heterocycles. The molecule has 0 aliphatic carbocycles. The van der Waals surface area contributed by atoms with Crippen molar-refractivity contribution in [3.8, 4) is 5.75 Å². The quantitative estimate of drug-likeness (QED) is 0.447. The fraction of sp³-hybridized carbons (Fsp3) is 0.345. The van der Waals surface area contributed by atoms with Gasteiger partial charge in [0.1, 0.15) is 11.4 Å². The maximum Gasteiger partial charge on any atom is 0.258 e. The van der Waals surface area contributed by atoms with E-state index in [1.165, 1.54) is 5.56 Å². The largest absolute Gasteiger partial charge is 0.494 e. The summed E-state index contributed by atoms with van der Waals surface area (Å²) in [5.74, 6) is 0.846. The summed E-state index contributed by atoms with van der Waals surface area (Å²) in [4.78, 5) is 15.6. The summed E-state index contributed by atoms with van der Waals surface area (Å²) in [5.41, 5.74) is 3.16. The lowest BCUT2D eigenvalue weighted by Gasteiger charge is -2.47. The lowest BCUT2D eigenvalue weighted by molar-refractivity contribution is 0.0242. The van der Waals surface area contributed by atoms with Gasteiger partial charge in [0.15, 0.2) is 0 Å². The molecule has 2 aliphatic rings. The van der Waals surface area contributed by atoms with Crippen molar-refractivity contribution in [2.24, 2.45) is 0 Å². The van der Waals surface area contributed by atoms with Crippen LogP contribution in [-0.2, 0) is 16.8 Å². The Hall–Kier alpha value is -3.31. The normalized spacial score (nSPS) is 21.7. The number of fused-ring (bicyclic) bond motifs is 1. The van der Waals surface area contributed by atoms with E-state index in [4.69, 9.17) is 9.47 Å². The van der Waals surface area contributed by atoms with Crippen molar-refractivity contribution in [1.29, 1.82) is 0 Å². The molecular formula is C29H32N2O3. The minimum atomic E-state index is -0.708. The maximum atomic E-state index is 13.6. The van der Waals surface area contributed by atoms with E-state index in [0.717, 1.165) is 49.3 Å². The predicted molar refractivity (Wildman–Crippen MR) is 134 cm³/mol. The molecule has 5 nitrogen and oxygen atoms in total. The van der Waals surface area contributed by atoms with E-state index < -0.39 is 5.66 Å². The molecule has 5 heteroatoms. The summed E-state index contributed by atoms with van der Waals surface area (Å²) in [6, 6.07) is 26.3. The third kappa shape index (κ3) is 4.66. The van der Waals surface area contributed by atoms with Crippen LogP contribution in [0, 0.1) is 0 Å². The molecule has 2 heterocycles. The van der Waals surface area contributed by atoms with Crippen molar-refractivity contribution in [2.75, 3.05) is 25.1 Å². The first-order valence-electron chi connectivity index (χ1n) is 12.2. The molecule has 1 N–H and O–H groups in total. The Labute approximate surface area is 201 Å². The second-order valence-corrected chi connectivity index (χ2v) is 9.26.